The van der Waals surface area contributed by atoms with E-state index in [0.717, 1.165) is 23.3 Å². The lowest BCUT2D eigenvalue weighted by Gasteiger charge is -2.05. The molecule has 0 aliphatic rings. The number of amides is 1. The fourth-order valence-electron chi connectivity index (χ4n) is 1.33. The first-order valence-electron chi connectivity index (χ1n) is 6.97. The first-order valence-corrected chi connectivity index (χ1v) is 6.97. The molecule has 1 amide bonds. The van der Waals surface area contributed by atoms with Crippen LogP contribution in [0.1, 0.15) is 16.7 Å². The number of alkyl halides is 3. The Bertz CT molecular complexity index is 585. The number of aryl methyl sites for hydroxylation is 1. The zero-order chi connectivity index (χ0) is 18.6. The summed E-state index contributed by atoms with van der Waals surface area (Å²) in [5.74, 6) is -0.468. The quantitative estimate of drug-likeness (QED) is 0.784. The van der Waals surface area contributed by atoms with E-state index in [9.17, 15) is 18.0 Å². The summed E-state index contributed by atoms with van der Waals surface area (Å²) in [5, 5.41) is 8.54. The van der Waals surface area contributed by atoms with Crippen LogP contribution in [-0.4, -0.2) is 17.6 Å². The number of primary amides is 1. The van der Waals surface area contributed by atoms with Gasteiger partial charge in [0.05, 0.1) is 18.7 Å². The number of benzene rings is 2. The molecular weight excluding hydrogens is 321 g/mol. The van der Waals surface area contributed by atoms with Crippen molar-refractivity contribution in [2.45, 2.75) is 19.7 Å². The molecule has 2 aromatic rings. The van der Waals surface area contributed by atoms with Gasteiger partial charge >= 0.3 is 6.18 Å². The molecule has 5 N–H and O–H groups in total. The van der Waals surface area contributed by atoms with E-state index in [4.69, 9.17) is 10.8 Å². The number of aliphatic hydroxyl groups is 1. The summed E-state index contributed by atoms with van der Waals surface area (Å²) in [6.07, 6.45) is -4.21. The number of carbonyl (C=O) groups excluding carboxylic acids is 1. The van der Waals surface area contributed by atoms with Crippen LogP contribution in [0.25, 0.3) is 0 Å². The zero-order valence-corrected chi connectivity index (χ0v) is 13.3. The van der Waals surface area contributed by atoms with Gasteiger partial charge < -0.3 is 16.6 Å². The van der Waals surface area contributed by atoms with E-state index >= 15 is 0 Å². The van der Waals surface area contributed by atoms with E-state index in [1.54, 1.807) is 6.92 Å². The summed E-state index contributed by atoms with van der Waals surface area (Å²) >= 11 is 0. The highest BCUT2D eigenvalue weighted by molar-refractivity contribution is 5.75. The van der Waals surface area contributed by atoms with Crippen LogP contribution in [0.4, 0.5) is 13.2 Å². The molecule has 4 nitrogen and oxygen atoms in total. The maximum atomic E-state index is 11.9. The fraction of sp³-hybridized carbons (Fsp3) is 0.235. The number of hydrogen-bond acceptors (Lipinski definition) is 3. The van der Waals surface area contributed by atoms with Crippen molar-refractivity contribution in [3.8, 4) is 0 Å². The highest BCUT2D eigenvalue weighted by Crippen LogP contribution is 2.28. The Morgan fingerprint density at radius 3 is 1.79 bits per heavy atom. The summed E-state index contributed by atoms with van der Waals surface area (Å²) in [5.41, 5.74) is 10.4. The smallest absolute Gasteiger partial charge is 0.392 e. The molecule has 0 bridgehead atoms. The predicted octanol–water partition coefficient (Wildman–Crippen LogP) is 2.62. The zero-order valence-electron chi connectivity index (χ0n) is 13.3. The van der Waals surface area contributed by atoms with Crippen LogP contribution in [0.15, 0.2) is 54.6 Å². The van der Waals surface area contributed by atoms with Crippen molar-refractivity contribution in [2.75, 3.05) is 6.54 Å². The average molecular weight is 342 g/mol. The average Bonchev–Trinajstić information content (AvgIpc) is 2.56. The van der Waals surface area contributed by atoms with Crippen LogP contribution in [0.2, 0.25) is 0 Å². The topological polar surface area (TPSA) is 89.3 Å². The lowest BCUT2D eigenvalue weighted by atomic mass is 10.1. The Kier molecular flexibility index (Phi) is 10.1. The van der Waals surface area contributed by atoms with Gasteiger partial charge in [0, 0.05) is 0 Å². The summed E-state index contributed by atoms with van der Waals surface area (Å²) in [6, 6.07) is 14.6. The second-order valence-electron chi connectivity index (χ2n) is 4.68. The van der Waals surface area contributed by atoms with Gasteiger partial charge in [-0.15, -0.1) is 0 Å². The van der Waals surface area contributed by atoms with Gasteiger partial charge in [-0.3, -0.25) is 4.79 Å². The van der Waals surface area contributed by atoms with Crippen LogP contribution in [0.5, 0.6) is 0 Å². The van der Waals surface area contributed by atoms with Crippen LogP contribution < -0.4 is 11.5 Å². The number of carbonyl (C=O) groups is 1. The SMILES string of the molecule is Cc1ccc(C(F)(F)F)cc1.NCC(N)=O.OCc1ccccc1. The van der Waals surface area contributed by atoms with E-state index in [2.05, 4.69) is 5.73 Å². The molecule has 0 unspecified atom stereocenters. The number of nitrogens with two attached hydrogens (primary N) is 2. The Morgan fingerprint density at radius 2 is 1.50 bits per heavy atom. The monoisotopic (exact) mass is 342 g/mol. The Labute approximate surface area is 138 Å². The molecule has 24 heavy (non-hydrogen) atoms. The van der Waals surface area contributed by atoms with Crippen molar-refractivity contribution < 1.29 is 23.1 Å². The molecule has 0 spiro atoms. The summed E-state index contributed by atoms with van der Waals surface area (Å²) in [4.78, 5) is 9.47. The van der Waals surface area contributed by atoms with Crippen LogP contribution in [0.3, 0.4) is 0 Å². The second-order valence-corrected chi connectivity index (χ2v) is 4.68. The normalized spacial score (nSPS) is 9.92. The third-order valence-corrected chi connectivity index (χ3v) is 2.61. The maximum Gasteiger partial charge on any atom is 0.416 e. The molecule has 7 heteroatoms. The lowest BCUT2D eigenvalue weighted by molar-refractivity contribution is -0.137. The van der Waals surface area contributed by atoms with E-state index < -0.39 is 17.6 Å². The minimum Gasteiger partial charge on any atom is -0.392 e. The van der Waals surface area contributed by atoms with Crippen LogP contribution >= 0.6 is 0 Å². The highest BCUT2D eigenvalue weighted by Gasteiger charge is 2.29. The Balaban J connectivity index is 0.000000358. The lowest BCUT2D eigenvalue weighted by Crippen LogP contribution is -2.21. The van der Waals surface area contributed by atoms with E-state index in [-0.39, 0.29) is 13.2 Å². The van der Waals surface area contributed by atoms with Gasteiger partial charge in [0.15, 0.2) is 0 Å². The summed E-state index contributed by atoms with van der Waals surface area (Å²) < 4.78 is 35.8. The fourth-order valence-corrected chi connectivity index (χ4v) is 1.33. The van der Waals surface area contributed by atoms with Crippen molar-refractivity contribution in [1.29, 1.82) is 0 Å². The molecule has 0 saturated heterocycles. The van der Waals surface area contributed by atoms with Gasteiger partial charge in [-0.2, -0.15) is 13.2 Å². The van der Waals surface area contributed by atoms with Crippen molar-refractivity contribution in [1.82, 2.24) is 0 Å². The first-order chi connectivity index (χ1) is 11.2. The number of halogens is 3. The van der Waals surface area contributed by atoms with Crippen molar-refractivity contribution >= 4 is 5.91 Å². The molecule has 0 fully saturated rings. The second kappa shape index (κ2) is 11.2. The van der Waals surface area contributed by atoms with Gasteiger partial charge in [0.25, 0.3) is 0 Å². The molecule has 0 radical (unpaired) electrons. The number of aliphatic hydroxyl groups excluding tert-OH is 1. The van der Waals surface area contributed by atoms with Crippen molar-refractivity contribution in [2.24, 2.45) is 11.5 Å². The molecule has 2 aromatic carbocycles. The molecule has 0 aromatic heterocycles. The van der Waals surface area contributed by atoms with Gasteiger partial charge in [-0.1, -0.05) is 48.0 Å². The van der Waals surface area contributed by atoms with Crippen LogP contribution in [-0.2, 0) is 17.6 Å². The van der Waals surface area contributed by atoms with Crippen LogP contribution in [0, 0.1) is 6.92 Å². The number of rotatable bonds is 2. The van der Waals surface area contributed by atoms with E-state index in [1.165, 1.54) is 12.1 Å². The molecule has 0 aliphatic heterocycles. The predicted molar refractivity (Wildman–Crippen MR) is 86.8 cm³/mol. The van der Waals surface area contributed by atoms with Gasteiger partial charge in [-0.05, 0) is 24.6 Å². The Hall–Kier alpha value is -2.38. The summed E-state index contributed by atoms with van der Waals surface area (Å²) in [6.45, 7) is 1.83. The standard InChI is InChI=1S/C8H7F3.C7H8O.C2H6N2O/c1-6-2-4-7(5-3-6)8(9,10)11;8-6-7-4-2-1-3-5-7;3-1-2(4)5/h2-5H,1H3;1-5,8H,6H2;1,3H2,(H2,4,5). The molecular formula is C17H21F3N2O2. The molecule has 0 saturated carbocycles. The summed E-state index contributed by atoms with van der Waals surface area (Å²) in [7, 11) is 0. The Morgan fingerprint density at radius 1 is 1.04 bits per heavy atom. The van der Waals surface area contributed by atoms with Crippen molar-refractivity contribution in [3.05, 3.63) is 71.3 Å². The number of hydrogen-bond donors (Lipinski definition) is 3. The molecule has 132 valence electrons. The third-order valence-electron chi connectivity index (χ3n) is 2.61. The first kappa shape index (κ1) is 21.6. The van der Waals surface area contributed by atoms with Gasteiger partial charge in [0.2, 0.25) is 5.91 Å². The minimum absolute atomic E-state index is 0.0556. The minimum atomic E-state index is -4.21. The third kappa shape index (κ3) is 10.4. The largest absolute Gasteiger partial charge is 0.416 e. The van der Waals surface area contributed by atoms with E-state index in [1.807, 2.05) is 30.3 Å². The molecule has 0 atom stereocenters. The van der Waals surface area contributed by atoms with E-state index in [0.29, 0.717) is 0 Å². The molecule has 0 heterocycles. The van der Waals surface area contributed by atoms with Crippen molar-refractivity contribution in [3.63, 3.8) is 0 Å². The highest BCUT2D eigenvalue weighted by atomic mass is 19.4. The molecule has 2 rings (SSSR count). The maximum absolute atomic E-state index is 11.9. The molecule has 0 aliphatic carbocycles. The van der Waals surface area contributed by atoms with Gasteiger partial charge in [0.1, 0.15) is 0 Å². The van der Waals surface area contributed by atoms with Gasteiger partial charge in [-0.25, -0.2) is 0 Å².